The Morgan fingerprint density at radius 2 is 1.62 bits per heavy atom. The monoisotopic (exact) mass is 275 g/mol. The molecular weight excluding hydrogens is 269 g/mol. The smallest absolute Gasteiger partial charge is 0.385 e. The molecule has 0 aliphatic heterocycles. The van der Waals surface area contributed by atoms with Crippen LogP contribution in [-0.4, -0.2) is 12.7 Å². The van der Waals surface area contributed by atoms with Crippen LogP contribution in [0.1, 0.15) is 6.42 Å². The minimum Gasteiger partial charge on any atom is -0.385 e. The molecule has 0 aliphatic rings. The lowest BCUT2D eigenvalue weighted by Gasteiger charge is -2.10. The van der Waals surface area contributed by atoms with Gasteiger partial charge in [0.25, 0.3) is 0 Å². The maximum atomic E-state index is 13.0. The molecule has 1 aromatic rings. The third kappa shape index (κ3) is 4.06. The van der Waals surface area contributed by atoms with Crippen molar-refractivity contribution in [3.8, 4) is 0 Å². The molecule has 90 valence electrons. The molecule has 1 rings (SSSR count). The molecule has 7 heteroatoms. The molecule has 0 aromatic heterocycles. The first-order valence-electron chi connectivity index (χ1n) is 4.25. The van der Waals surface area contributed by atoms with E-state index in [4.69, 9.17) is 23.2 Å². The van der Waals surface area contributed by atoms with Gasteiger partial charge in [0.2, 0.25) is 0 Å². The summed E-state index contributed by atoms with van der Waals surface area (Å²) in [5.74, 6) is -0.787. The summed E-state index contributed by atoms with van der Waals surface area (Å²) in [6.45, 7) is -0.318. The summed E-state index contributed by atoms with van der Waals surface area (Å²) in [6.07, 6.45) is -5.22. The SMILES string of the molecule is Fc1c(Cl)cc(NCCC(F)(F)F)cc1Cl. The van der Waals surface area contributed by atoms with E-state index in [1.165, 1.54) is 12.1 Å². The molecule has 0 fully saturated rings. The van der Waals surface area contributed by atoms with Crippen LogP contribution < -0.4 is 5.32 Å². The lowest BCUT2D eigenvalue weighted by atomic mass is 10.3. The van der Waals surface area contributed by atoms with Crippen LogP contribution in [-0.2, 0) is 0 Å². The van der Waals surface area contributed by atoms with Gasteiger partial charge in [-0.25, -0.2) is 4.39 Å². The third-order valence-electron chi connectivity index (χ3n) is 1.72. The van der Waals surface area contributed by atoms with Crippen LogP contribution >= 0.6 is 23.2 Å². The number of alkyl halides is 3. The molecule has 0 unspecified atom stereocenters. The Bertz CT molecular complexity index is 355. The highest BCUT2D eigenvalue weighted by atomic mass is 35.5. The van der Waals surface area contributed by atoms with Crippen molar-refractivity contribution in [2.75, 3.05) is 11.9 Å². The van der Waals surface area contributed by atoms with Gasteiger partial charge >= 0.3 is 6.18 Å². The summed E-state index contributed by atoms with van der Waals surface area (Å²) >= 11 is 10.9. The zero-order valence-corrected chi connectivity index (χ0v) is 9.35. The van der Waals surface area contributed by atoms with Crippen LogP contribution in [0.15, 0.2) is 12.1 Å². The molecule has 1 N–H and O–H groups in total. The van der Waals surface area contributed by atoms with E-state index in [0.29, 0.717) is 0 Å². The summed E-state index contributed by atoms with van der Waals surface area (Å²) in [7, 11) is 0. The van der Waals surface area contributed by atoms with Gasteiger partial charge in [0.05, 0.1) is 16.5 Å². The summed E-state index contributed by atoms with van der Waals surface area (Å²) in [6, 6.07) is 2.36. The zero-order valence-electron chi connectivity index (χ0n) is 7.84. The molecule has 1 nitrogen and oxygen atoms in total. The summed E-state index contributed by atoms with van der Waals surface area (Å²) in [5, 5.41) is 1.99. The second-order valence-electron chi connectivity index (χ2n) is 3.05. The average Bonchev–Trinajstić information content (AvgIpc) is 2.12. The van der Waals surface area contributed by atoms with Crippen molar-refractivity contribution in [3.63, 3.8) is 0 Å². The Hall–Kier alpha value is -0.680. The first-order chi connectivity index (χ1) is 7.29. The van der Waals surface area contributed by atoms with Crippen LogP contribution in [0.25, 0.3) is 0 Å². The molecule has 0 aliphatic carbocycles. The van der Waals surface area contributed by atoms with E-state index in [-0.39, 0.29) is 22.3 Å². The van der Waals surface area contributed by atoms with E-state index in [1.54, 1.807) is 0 Å². The van der Waals surface area contributed by atoms with E-state index in [1.807, 2.05) is 0 Å². The highest BCUT2D eigenvalue weighted by Gasteiger charge is 2.26. The van der Waals surface area contributed by atoms with Crippen molar-refractivity contribution in [1.29, 1.82) is 0 Å². The molecule has 0 saturated heterocycles. The van der Waals surface area contributed by atoms with Gasteiger partial charge in [-0.2, -0.15) is 13.2 Å². The van der Waals surface area contributed by atoms with Crippen molar-refractivity contribution >= 4 is 28.9 Å². The zero-order chi connectivity index (χ0) is 12.3. The molecule has 0 spiro atoms. The predicted octanol–water partition coefficient (Wildman–Crippen LogP) is 4.50. The van der Waals surface area contributed by atoms with E-state index in [9.17, 15) is 17.6 Å². The van der Waals surface area contributed by atoms with Crippen molar-refractivity contribution in [1.82, 2.24) is 0 Å². The van der Waals surface area contributed by atoms with Crippen molar-refractivity contribution < 1.29 is 17.6 Å². The Morgan fingerprint density at radius 1 is 1.12 bits per heavy atom. The number of hydrogen-bond donors (Lipinski definition) is 1. The standard InChI is InChI=1S/C9H7Cl2F4N/c10-6-3-5(4-7(11)8(6)12)16-2-1-9(13,14)15/h3-4,16H,1-2H2. The number of benzene rings is 1. The topological polar surface area (TPSA) is 12.0 Å². The molecule has 0 bridgehead atoms. The fraction of sp³-hybridized carbons (Fsp3) is 0.333. The lowest BCUT2D eigenvalue weighted by molar-refractivity contribution is -0.131. The lowest BCUT2D eigenvalue weighted by Crippen LogP contribution is -2.14. The van der Waals surface area contributed by atoms with Crippen molar-refractivity contribution in [3.05, 3.63) is 28.0 Å². The molecule has 0 saturated carbocycles. The van der Waals surface area contributed by atoms with Gasteiger partial charge in [0.1, 0.15) is 0 Å². The highest BCUT2D eigenvalue weighted by Crippen LogP contribution is 2.27. The fourth-order valence-electron chi connectivity index (χ4n) is 1.01. The minimum atomic E-state index is -4.24. The third-order valence-corrected chi connectivity index (χ3v) is 2.27. The van der Waals surface area contributed by atoms with Gasteiger partial charge in [-0.05, 0) is 12.1 Å². The number of hydrogen-bond acceptors (Lipinski definition) is 1. The van der Waals surface area contributed by atoms with Crippen molar-refractivity contribution in [2.45, 2.75) is 12.6 Å². The number of anilines is 1. The summed E-state index contributed by atoms with van der Waals surface area (Å²) in [5.41, 5.74) is 0.251. The summed E-state index contributed by atoms with van der Waals surface area (Å²) < 4.78 is 48.4. The maximum Gasteiger partial charge on any atom is 0.390 e. The highest BCUT2D eigenvalue weighted by molar-refractivity contribution is 6.35. The normalized spacial score (nSPS) is 11.6. The van der Waals surface area contributed by atoms with Gasteiger partial charge < -0.3 is 5.32 Å². The second-order valence-corrected chi connectivity index (χ2v) is 3.86. The first-order valence-corrected chi connectivity index (χ1v) is 5.00. The molecule has 0 radical (unpaired) electrons. The van der Waals surface area contributed by atoms with Crippen LogP contribution in [0.5, 0.6) is 0 Å². The average molecular weight is 276 g/mol. The largest absolute Gasteiger partial charge is 0.390 e. The van der Waals surface area contributed by atoms with Crippen LogP contribution in [0.2, 0.25) is 10.0 Å². The minimum absolute atomic E-state index is 0.234. The van der Waals surface area contributed by atoms with E-state index >= 15 is 0 Å². The van der Waals surface area contributed by atoms with Gasteiger partial charge in [0.15, 0.2) is 5.82 Å². The van der Waals surface area contributed by atoms with E-state index in [0.717, 1.165) is 0 Å². The Labute approximate surface area is 99.3 Å². The van der Waals surface area contributed by atoms with Crippen LogP contribution in [0.3, 0.4) is 0 Å². The van der Waals surface area contributed by atoms with Gasteiger partial charge in [0, 0.05) is 12.2 Å². The molecular formula is C9H7Cl2F4N. The number of halogens is 6. The first kappa shape index (κ1) is 13.4. The molecule has 0 amide bonds. The number of nitrogens with one attached hydrogen (secondary N) is 1. The Balaban J connectivity index is 2.62. The molecule has 1 aromatic carbocycles. The van der Waals surface area contributed by atoms with Crippen molar-refractivity contribution in [2.24, 2.45) is 0 Å². The molecule has 16 heavy (non-hydrogen) atoms. The quantitative estimate of drug-likeness (QED) is 0.633. The Morgan fingerprint density at radius 3 is 2.06 bits per heavy atom. The molecule has 0 heterocycles. The summed E-state index contributed by atoms with van der Waals surface area (Å²) in [4.78, 5) is 0. The van der Waals surface area contributed by atoms with Crippen LogP contribution in [0.4, 0.5) is 23.2 Å². The van der Waals surface area contributed by atoms with Crippen LogP contribution in [0, 0.1) is 5.82 Å². The second kappa shape index (κ2) is 5.10. The fourth-order valence-corrected chi connectivity index (χ4v) is 1.49. The Kier molecular flexibility index (Phi) is 4.27. The molecule has 0 atom stereocenters. The predicted molar refractivity (Wildman–Crippen MR) is 55.6 cm³/mol. The van der Waals surface area contributed by atoms with Gasteiger partial charge in [-0.1, -0.05) is 23.2 Å². The van der Waals surface area contributed by atoms with E-state index < -0.39 is 18.4 Å². The van der Waals surface area contributed by atoms with Gasteiger partial charge in [-0.15, -0.1) is 0 Å². The van der Waals surface area contributed by atoms with Gasteiger partial charge in [-0.3, -0.25) is 0 Å². The van der Waals surface area contributed by atoms with E-state index in [2.05, 4.69) is 5.32 Å². The maximum absolute atomic E-state index is 13.0. The number of rotatable bonds is 3.